The van der Waals surface area contributed by atoms with Gasteiger partial charge >= 0.3 is 0 Å². The summed E-state index contributed by atoms with van der Waals surface area (Å²) < 4.78 is 13.6. The van der Waals surface area contributed by atoms with E-state index in [1.54, 1.807) is 10.6 Å². The van der Waals surface area contributed by atoms with Gasteiger partial charge in [0.2, 0.25) is 0 Å². The first-order valence-corrected chi connectivity index (χ1v) is 13.8. The number of aryl methyl sites for hydroxylation is 1. The van der Waals surface area contributed by atoms with Gasteiger partial charge in [-0.05, 0) is 53.8 Å². The predicted octanol–water partition coefficient (Wildman–Crippen LogP) is 5.01. The number of methoxy groups -OCH3 is 2. The van der Waals surface area contributed by atoms with Crippen molar-refractivity contribution in [2.45, 2.75) is 18.9 Å². The summed E-state index contributed by atoms with van der Waals surface area (Å²) in [7, 11) is 2.88. The molecule has 1 aliphatic heterocycles. The Balaban J connectivity index is 1.62. The van der Waals surface area contributed by atoms with Crippen LogP contribution in [0.4, 0.5) is 5.69 Å². The standard InChI is InChI=1S/C29H22BrN3O5S/c1-37-23-13-18(22(33(35)36)15-24(23)38-2)14-25-28(34)32-27(17-7-10-19(30)11-8-17)21-12-9-16-5-3-4-6-20(16)26(21)31-29(32)39-25/h3-8,10-11,13-15,27H,9,12H2,1-2H3/b25-14-/t27-/m1/s1. The smallest absolute Gasteiger partial charge is 0.280 e. The molecule has 0 bridgehead atoms. The van der Waals surface area contributed by atoms with Gasteiger partial charge in [0.25, 0.3) is 11.2 Å². The lowest BCUT2D eigenvalue weighted by atomic mass is 9.83. The maximum Gasteiger partial charge on any atom is 0.280 e. The molecule has 10 heteroatoms. The first-order chi connectivity index (χ1) is 18.9. The molecule has 0 radical (unpaired) electrons. The second-order valence-electron chi connectivity index (χ2n) is 9.19. The molecular formula is C29H22BrN3O5S. The molecule has 1 aliphatic carbocycles. The third-order valence-corrected chi connectivity index (χ3v) is 8.59. The van der Waals surface area contributed by atoms with Crippen LogP contribution < -0.4 is 24.4 Å². The first kappa shape index (κ1) is 25.3. The zero-order chi connectivity index (χ0) is 27.3. The first-order valence-electron chi connectivity index (χ1n) is 12.2. The summed E-state index contributed by atoms with van der Waals surface area (Å²) in [6, 6.07) is 18.7. The molecule has 1 atom stereocenters. The van der Waals surface area contributed by atoms with E-state index in [4.69, 9.17) is 14.5 Å². The van der Waals surface area contributed by atoms with Gasteiger partial charge in [0.05, 0.1) is 47.0 Å². The zero-order valence-corrected chi connectivity index (χ0v) is 23.4. The van der Waals surface area contributed by atoms with Crippen LogP contribution in [0.3, 0.4) is 0 Å². The van der Waals surface area contributed by atoms with E-state index in [-0.39, 0.29) is 28.6 Å². The van der Waals surface area contributed by atoms with Gasteiger partial charge in [0.1, 0.15) is 0 Å². The zero-order valence-electron chi connectivity index (χ0n) is 21.0. The van der Waals surface area contributed by atoms with E-state index in [9.17, 15) is 14.9 Å². The highest BCUT2D eigenvalue weighted by Crippen LogP contribution is 2.41. The quantitative estimate of drug-likeness (QED) is 0.236. The molecule has 0 fully saturated rings. The van der Waals surface area contributed by atoms with Gasteiger partial charge in [-0.2, -0.15) is 0 Å². The number of fused-ring (bicyclic) bond motifs is 3. The number of nitro benzene ring substituents is 1. The largest absolute Gasteiger partial charge is 0.493 e. The molecule has 4 aromatic rings. The van der Waals surface area contributed by atoms with Crippen LogP contribution in [-0.2, 0) is 6.42 Å². The number of benzene rings is 3. The monoisotopic (exact) mass is 603 g/mol. The number of nitro groups is 1. The minimum atomic E-state index is -0.495. The van der Waals surface area contributed by atoms with Gasteiger partial charge in [-0.3, -0.25) is 19.5 Å². The lowest BCUT2D eigenvalue weighted by Crippen LogP contribution is -2.38. The van der Waals surface area contributed by atoms with Gasteiger partial charge in [-0.25, -0.2) is 4.99 Å². The Kier molecular flexibility index (Phi) is 6.44. The molecule has 39 heavy (non-hydrogen) atoms. The number of nitrogens with zero attached hydrogens (tertiary/aromatic N) is 3. The Labute approximate surface area is 235 Å². The number of allylic oxidation sites excluding steroid dienone is 1. The van der Waals surface area contributed by atoms with Crippen LogP contribution in [0.5, 0.6) is 11.5 Å². The van der Waals surface area contributed by atoms with Crippen LogP contribution in [0.1, 0.15) is 34.7 Å². The van der Waals surface area contributed by atoms with Crippen LogP contribution in [0, 0.1) is 10.1 Å². The molecule has 2 aliphatic rings. The maximum atomic E-state index is 14.0. The van der Waals surface area contributed by atoms with Crippen LogP contribution >= 0.6 is 27.3 Å². The third-order valence-electron chi connectivity index (χ3n) is 7.07. The van der Waals surface area contributed by atoms with Gasteiger partial charge in [0.15, 0.2) is 16.3 Å². The molecule has 2 heterocycles. The number of ether oxygens (including phenoxy) is 2. The molecule has 6 rings (SSSR count). The summed E-state index contributed by atoms with van der Waals surface area (Å²) in [4.78, 5) is 30.9. The second-order valence-corrected chi connectivity index (χ2v) is 11.1. The summed E-state index contributed by atoms with van der Waals surface area (Å²) in [5, 5.41) is 11.9. The van der Waals surface area contributed by atoms with Crippen molar-refractivity contribution < 1.29 is 14.4 Å². The number of thiazole rings is 1. The van der Waals surface area contributed by atoms with Crippen molar-refractivity contribution in [2.75, 3.05) is 14.2 Å². The second kappa shape index (κ2) is 9.94. The number of aromatic nitrogens is 1. The van der Waals surface area contributed by atoms with E-state index in [1.165, 1.54) is 43.3 Å². The molecule has 0 saturated heterocycles. The molecule has 0 saturated carbocycles. The lowest BCUT2D eigenvalue weighted by Gasteiger charge is -2.30. The van der Waals surface area contributed by atoms with Crippen molar-refractivity contribution in [1.29, 1.82) is 0 Å². The van der Waals surface area contributed by atoms with Crippen LogP contribution in [0.2, 0.25) is 0 Å². The number of hydrogen-bond acceptors (Lipinski definition) is 7. The molecule has 0 spiro atoms. The SMILES string of the molecule is COc1cc(/C=c2\sc3n(c2=O)[C@H](c2ccc(Br)cc2)C2=C(N=3)c3ccccc3CC2)c([N+](=O)[O-])cc1OC. The molecular weight excluding hydrogens is 582 g/mol. The summed E-state index contributed by atoms with van der Waals surface area (Å²) in [5.41, 5.74) is 5.09. The van der Waals surface area contributed by atoms with Crippen LogP contribution in [0.25, 0.3) is 11.8 Å². The molecule has 0 amide bonds. The molecule has 8 nitrogen and oxygen atoms in total. The van der Waals surface area contributed by atoms with E-state index >= 15 is 0 Å². The van der Waals surface area contributed by atoms with E-state index in [2.05, 4.69) is 28.1 Å². The highest BCUT2D eigenvalue weighted by molar-refractivity contribution is 9.10. The molecule has 196 valence electrons. The van der Waals surface area contributed by atoms with E-state index in [0.717, 1.165) is 39.7 Å². The van der Waals surface area contributed by atoms with Crippen molar-refractivity contribution in [2.24, 2.45) is 4.99 Å². The molecule has 1 aromatic heterocycles. The number of rotatable bonds is 5. The highest BCUT2D eigenvalue weighted by atomic mass is 79.9. The third kappa shape index (κ3) is 4.29. The Morgan fingerprint density at radius 2 is 1.79 bits per heavy atom. The minimum absolute atomic E-state index is 0.184. The summed E-state index contributed by atoms with van der Waals surface area (Å²) in [6.45, 7) is 0. The van der Waals surface area contributed by atoms with Crippen molar-refractivity contribution >= 4 is 44.7 Å². The predicted molar refractivity (Wildman–Crippen MR) is 153 cm³/mol. The van der Waals surface area contributed by atoms with Crippen LogP contribution in [0.15, 0.2) is 80.5 Å². The Morgan fingerprint density at radius 1 is 1.08 bits per heavy atom. The highest BCUT2D eigenvalue weighted by Gasteiger charge is 2.32. The molecule has 0 unspecified atom stereocenters. The van der Waals surface area contributed by atoms with Gasteiger partial charge in [-0.1, -0.05) is 63.7 Å². The fourth-order valence-electron chi connectivity index (χ4n) is 5.27. The lowest BCUT2D eigenvalue weighted by molar-refractivity contribution is -0.385. The normalized spacial score (nSPS) is 16.2. The van der Waals surface area contributed by atoms with Crippen molar-refractivity contribution in [3.8, 4) is 11.5 Å². The van der Waals surface area contributed by atoms with Crippen LogP contribution in [-0.4, -0.2) is 23.7 Å². The Hall–Kier alpha value is -4.02. The minimum Gasteiger partial charge on any atom is -0.493 e. The topological polar surface area (TPSA) is 96.0 Å². The maximum absolute atomic E-state index is 14.0. The molecule has 3 aromatic carbocycles. The Morgan fingerprint density at radius 3 is 2.51 bits per heavy atom. The average Bonchev–Trinajstić information content (AvgIpc) is 3.26. The summed E-state index contributed by atoms with van der Waals surface area (Å²) >= 11 is 4.73. The van der Waals surface area contributed by atoms with Gasteiger partial charge in [-0.15, -0.1) is 0 Å². The fraction of sp³-hybridized carbons (Fsp3) is 0.172. The van der Waals surface area contributed by atoms with Gasteiger partial charge < -0.3 is 9.47 Å². The van der Waals surface area contributed by atoms with Crippen molar-refractivity contribution in [3.63, 3.8) is 0 Å². The van der Waals surface area contributed by atoms with Crippen molar-refractivity contribution in [1.82, 2.24) is 4.57 Å². The fourth-order valence-corrected chi connectivity index (χ4v) is 6.52. The Bertz CT molecular complexity index is 1860. The van der Waals surface area contributed by atoms with E-state index in [1.807, 2.05) is 36.4 Å². The average molecular weight is 604 g/mol. The van der Waals surface area contributed by atoms with E-state index < -0.39 is 4.92 Å². The number of halogens is 1. The van der Waals surface area contributed by atoms with Crippen molar-refractivity contribution in [3.05, 3.63) is 123 Å². The summed E-state index contributed by atoms with van der Waals surface area (Å²) in [6.07, 6.45) is 3.18. The van der Waals surface area contributed by atoms with E-state index in [0.29, 0.717) is 15.1 Å². The number of hydrogen-bond donors (Lipinski definition) is 0. The molecule has 0 N–H and O–H groups in total. The van der Waals surface area contributed by atoms with Gasteiger partial charge in [0, 0.05) is 10.0 Å². The summed E-state index contributed by atoms with van der Waals surface area (Å²) in [5.74, 6) is 0.575.